The van der Waals surface area contributed by atoms with Gasteiger partial charge in [-0.2, -0.15) is 0 Å². The van der Waals surface area contributed by atoms with E-state index in [4.69, 9.17) is 0 Å². The number of rotatable bonds is 3. The predicted molar refractivity (Wildman–Crippen MR) is 152 cm³/mol. The van der Waals surface area contributed by atoms with Gasteiger partial charge in [0.25, 0.3) is 0 Å². The second-order valence-corrected chi connectivity index (χ2v) is 9.76. The van der Waals surface area contributed by atoms with E-state index in [9.17, 15) is 0 Å². The fourth-order valence-electron chi connectivity index (χ4n) is 6.18. The first-order chi connectivity index (χ1) is 17.1. The lowest BCUT2D eigenvalue weighted by atomic mass is 9.25. The zero-order valence-corrected chi connectivity index (χ0v) is 20.5. The number of hydrogen-bond acceptors (Lipinski definition) is 0. The standard InChI is InChI=1S/C33H29BO/c1-24-17-21-30(22-18-24)34(29-13-5-4-6-14-29)33(25(2)31-15-9-10-16-32(31)35(34)3)28-20-19-26-11-7-8-12-27(26)23-28/h4-23H,1-3H3. The summed E-state index contributed by atoms with van der Waals surface area (Å²) in [4.78, 5) is 0. The minimum atomic E-state index is -1.52. The molecule has 0 spiro atoms. The van der Waals surface area contributed by atoms with E-state index in [1.165, 1.54) is 55.2 Å². The SMILES string of the molecule is CC1=C(c2ccc3ccccc3c2)[B-](c2ccccc2)(c2ccc(C)cc2)[O+](C)c2ccccc21. The van der Waals surface area contributed by atoms with E-state index in [1.54, 1.807) is 0 Å². The van der Waals surface area contributed by atoms with Crippen LogP contribution in [0, 0.1) is 6.92 Å². The van der Waals surface area contributed by atoms with Crippen LogP contribution >= 0.6 is 0 Å². The second-order valence-electron chi connectivity index (χ2n) is 9.76. The monoisotopic (exact) mass is 452 g/mol. The number of hydrogen-bond donors (Lipinski definition) is 0. The average Bonchev–Trinajstić information content (AvgIpc) is 2.91. The van der Waals surface area contributed by atoms with Gasteiger partial charge >= 0.3 is 6.35 Å². The molecule has 5 aromatic carbocycles. The highest BCUT2D eigenvalue weighted by molar-refractivity contribution is 7.12. The third-order valence-electron chi connectivity index (χ3n) is 7.86. The molecule has 5 aromatic rings. The van der Waals surface area contributed by atoms with E-state index in [1.807, 2.05) is 0 Å². The minimum Gasteiger partial charge on any atom is -0.810 e. The Bertz CT molecular complexity index is 1570. The number of allylic oxidation sites excluding steroid dienone is 1. The van der Waals surface area contributed by atoms with Gasteiger partial charge in [0.1, 0.15) is 7.11 Å². The Morgan fingerprint density at radius 3 is 1.97 bits per heavy atom. The quantitative estimate of drug-likeness (QED) is 0.200. The molecule has 1 aliphatic heterocycles. The van der Waals surface area contributed by atoms with Gasteiger partial charge in [-0.05, 0) is 42.3 Å². The van der Waals surface area contributed by atoms with Crippen LogP contribution in [0.3, 0.4) is 0 Å². The van der Waals surface area contributed by atoms with E-state index in [2.05, 4.69) is 147 Å². The number of aryl methyl sites for hydroxylation is 1. The van der Waals surface area contributed by atoms with Crippen molar-refractivity contribution in [3.05, 3.63) is 138 Å². The van der Waals surface area contributed by atoms with Crippen molar-refractivity contribution in [2.75, 3.05) is 7.11 Å². The Kier molecular flexibility index (Phi) is 5.11. The van der Waals surface area contributed by atoms with E-state index in [0.717, 1.165) is 0 Å². The maximum atomic E-state index is 3.66. The molecule has 2 heteroatoms. The van der Waals surface area contributed by atoms with Gasteiger partial charge in [-0.15, -0.1) is 10.9 Å². The lowest BCUT2D eigenvalue weighted by Crippen LogP contribution is -2.66. The molecular formula is C33H29BO. The maximum absolute atomic E-state index is 3.66. The van der Waals surface area contributed by atoms with Gasteiger partial charge in [0, 0.05) is 6.07 Å². The van der Waals surface area contributed by atoms with Crippen LogP contribution in [0.15, 0.2) is 121 Å². The van der Waals surface area contributed by atoms with Crippen LogP contribution < -0.4 is 10.9 Å². The van der Waals surface area contributed by atoms with Gasteiger partial charge in [-0.1, -0.05) is 120 Å². The summed E-state index contributed by atoms with van der Waals surface area (Å²) in [5, 5.41) is 2.53. The first-order valence-electron chi connectivity index (χ1n) is 12.3. The second kappa shape index (κ2) is 8.32. The van der Waals surface area contributed by atoms with Crippen molar-refractivity contribution >= 4 is 39.1 Å². The molecule has 0 saturated heterocycles. The molecule has 1 aliphatic rings. The van der Waals surface area contributed by atoms with E-state index >= 15 is 0 Å². The van der Waals surface area contributed by atoms with Gasteiger partial charge < -0.3 is 4.28 Å². The normalized spacial score (nSPS) is 17.5. The van der Waals surface area contributed by atoms with E-state index in [-0.39, 0.29) is 0 Å². The molecule has 6 rings (SSSR count). The third-order valence-corrected chi connectivity index (χ3v) is 7.86. The van der Waals surface area contributed by atoms with Gasteiger partial charge in [0.15, 0.2) is 0 Å². The van der Waals surface area contributed by atoms with Crippen LogP contribution in [0.1, 0.15) is 23.6 Å². The van der Waals surface area contributed by atoms with Crippen molar-refractivity contribution < 1.29 is 4.28 Å². The largest absolute Gasteiger partial charge is 0.810 e. The Balaban J connectivity index is 1.77. The zero-order valence-electron chi connectivity index (χ0n) is 20.5. The van der Waals surface area contributed by atoms with Crippen LogP contribution in [0.5, 0.6) is 5.75 Å². The summed E-state index contributed by atoms with van der Waals surface area (Å²) in [7, 11) is 2.19. The summed E-state index contributed by atoms with van der Waals surface area (Å²) in [6.45, 7) is 4.45. The van der Waals surface area contributed by atoms with E-state index < -0.39 is 6.35 Å². The maximum Gasteiger partial charge on any atom is 0.414 e. The fourth-order valence-corrected chi connectivity index (χ4v) is 6.18. The molecule has 1 heterocycles. The Morgan fingerprint density at radius 2 is 1.20 bits per heavy atom. The Labute approximate surface area is 208 Å². The summed E-state index contributed by atoms with van der Waals surface area (Å²) < 4.78 is 3.66. The number of benzene rings is 5. The highest BCUT2D eigenvalue weighted by Crippen LogP contribution is 2.49. The van der Waals surface area contributed by atoms with Crippen molar-refractivity contribution in [1.29, 1.82) is 0 Å². The molecule has 1 unspecified atom stereocenters. The van der Waals surface area contributed by atoms with Gasteiger partial charge in [-0.3, -0.25) is 0 Å². The summed E-state index contributed by atoms with van der Waals surface area (Å²) in [6.07, 6.45) is -1.52. The van der Waals surface area contributed by atoms with Gasteiger partial charge in [0.2, 0.25) is 5.75 Å². The molecule has 0 N–H and O–H groups in total. The third kappa shape index (κ3) is 3.25. The van der Waals surface area contributed by atoms with Crippen LogP contribution in [0.25, 0.3) is 21.8 Å². The predicted octanol–water partition coefficient (Wildman–Crippen LogP) is 7.29. The molecule has 0 saturated carbocycles. The van der Waals surface area contributed by atoms with E-state index in [0.29, 0.717) is 0 Å². The molecule has 35 heavy (non-hydrogen) atoms. The molecule has 0 bridgehead atoms. The smallest absolute Gasteiger partial charge is 0.414 e. The first kappa shape index (κ1) is 21.5. The molecule has 1 nitrogen and oxygen atoms in total. The van der Waals surface area contributed by atoms with Crippen molar-refractivity contribution in [2.24, 2.45) is 0 Å². The van der Waals surface area contributed by atoms with Crippen LogP contribution in [-0.4, -0.2) is 13.5 Å². The van der Waals surface area contributed by atoms with Crippen LogP contribution in [0.4, 0.5) is 0 Å². The number of para-hydroxylation sites is 1. The molecule has 1 atom stereocenters. The molecule has 0 radical (unpaired) electrons. The average molecular weight is 452 g/mol. The number of fused-ring (bicyclic) bond motifs is 2. The van der Waals surface area contributed by atoms with Crippen molar-refractivity contribution in [1.82, 2.24) is 0 Å². The Morgan fingerprint density at radius 1 is 0.571 bits per heavy atom. The van der Waals surface area contributed by atoms with Crippen LogP contribution in [-0.2, 0) is 4.28 Å². The highest BCUT2D eigenvalue weighted by Gasteiger charge is 2.50. The topological polar surface area (TPSA) is 2.70 Å². The van der Waals surface area contributed by atoms with Crippen LogP contribution in [0.2, 0.25) is 0 Å². The van der Waals surface area contributed by atoms with Gasteiger partial charge in [-0.25, -0.2) is 0 Å². The lowest BCUT2D eigenvalue weighted by Gasteiger charge is -2.55. The molecule has 0 aliphatic carbocycles. The molecule has 0 aromatic heterocycles. The zero-order chi connectivity index (χ0) is 24.0. The summed E-state index contributed by atoms with van der Waals surface area (Å²) in [5.41, 5.74) is 9.07. The highest BCUT2D eigenvalue weighted by atomic mass is 16.6. The summed E-state index contributed by atoms with van der Waals surface area (Å²) >= 11 is 0. The summed E-state index contributed by atoms with van der Waals surface area (Å²) in [6, 6.07) is 44.4. The van der Waals surface area contributed by atoms with Crippen molar-refractivity contribution in [3.63, 3.8) is 0 Å². The molecule has 0 amide bonds. The van der Waals surface area contributed by atoms with Crippen molar-refractivity contribution in [2.45, 2.75) is 13.8 Å². The summed E-state index contributed by atoms with van der Waals surface area (Å²) in [5.74, 6) is 1.19. The molecule has 170 valence electrons. The molecular weight excluding hydrogens is 423 g/mol. The lowest BCUT2D eigenvalue weighted by molar-refractivity contribution is 0.173. The van der Waals surface area contributed by atoms with Crippen molar-refractivity contribution in [3.8, 4) is 5.75 Å². The Hall–Kier alpha value is -4.04. The van der Waals surface area contributed by atoms with Gasteiger partial charge in [0.05, 0.1) is 5.56 Å². The minimum absolute atomic E-state index is 1.19. The first-order valence-corrected chi connectivity index (χ1v) is 12.3. The fraction of sp³-hybridized carbons (Fsp3) is 0.0909. The molecule has 0 fully saturated rings.